The molecule has 16 heteroatoms. The number of carbonyl (C=O) groups excluding carboxylic acids is 7. The SMILES string of the molecule is CCCCCCCCCOC(=O)CC(CC(=O)OCCCCCCCC)CC(=O)OCCN(CCOC(=O)CC(CC(=O)OCCCCCCCC)CC(=O)OCCCCCCCC)C(=O)OCCN(C)C. The van der Waals surface area contributed by atoms with Crippen LogP contribution >= 0.6 is 0 Å². The van der Waals surface area contributed by atoms with Crippen LogP contribution < -0.4 is 0 Å². The first-order valence-corrected chi connectivity index (χ1v) is 28.3. The lowest BCUT2D eigenvalue weighted by atomic mass is 9.97. The third kappa shape index (κ3) is 44.7. The highest BCUT2D eigenvalue weighted by atomic mass is 16.6. The lowest BCUT2D eigenvalue weighted by Crippen LogP contribution is -2.38. The van der Waals surface area contributed by atoms with Gasteiger partial charge in [-0.05, 0) is 51.6 Å². The van der Waals surface area contributed by atoms with Gasteiger partial charge in [-0.15, -0.1) is 0 Å². The number of ether oxygens (including phenoxy) is 7. The highest BCUT2D eigenvalue weighted by molar-refractivity contribution is 5.77. The Morgan fingerprint density at radius 3 is 0.764 bits per heavy atom. The number of esters is 6. The van der Waals surface area contributed by atoms with E-state index >= 15 is 0 Å². The van der Waals surface area contributed by atoms with Crippen molar-refractivity contribution in [3.63, 3.8) is 0 Å². The first-order chi connectivity index (χ1) is 34.8. The van der Waals surface area contributed by atoms with Gasteiger partial charge in [-0.25, -0.2) is 4.79 Å². The lowest BCUT2D eigenvalue weighted by Gasteiger charge is -2.23. The molecule has 420 valence electrons. The monoisotopic (exact) mass is 1030 g/mol. The van der Waals surface area contributed by atoms with Crippen LogP contribution in [0.3, 0.4) is 0 Å². The second kappa shape index (κ2) is 49.3. The maximum absolute atomic E-state index is 13.2. The van der Waals surface area contributed by atoms with Crippen LogP contribution in [-0.4, -0.2) is 132 Å². The van der Waals surface area contributed by atoms with Crippen LogP contribution in [0, 0.1) is 11.8 Å². The molecule has 0 saturated heterocycles. The Morgan fingerprint density at radius 1 is 0.292 bits per heavy atom. The Labute approximate surface area is 435 Å². The van der Waals surface area contributed by atoms with Gasteiger partial charge < -0.3 is 43.0 Å². The highest BCUT2D eigenvalue weighted by Crippen LogP contribution is 2.20. The first-order valence-electron chi connectivity index (χ1n) is 28.3. The van der Waals surface area contributed by atoms with Crippen molar-refractivity contribution >= 4 is 41.9 Å². The first kappa shape index (κ1) is 68.0. The van der Waals surface area contributed by atoms with Crippen molar-refractivity contribution < 1.29 is 66.7 Å². The lowest BCUT2D eigenvalue weighted by molar-refractivity contribution is -0.152. The van der Waals surface area contributed by atoms with Crippen LogP contribution in [0.2, 0.25) is 0 Å². The minimum Gasteiger partial charge on any atom is -0.466 e. The van der Waals surface area contributed by atoms with Crippen molar-refractivity contribution in [2.75, 3.05) is 80.0 Å². The number of unbranched alkanes of at least 4 members (excludes halogenated alkanes) is 21. The Balaban J connectivity index is 5.56. The summed E-state index contributed by atoms with van der Waals surface area (Å²) in [5.41, 5.74) is 0. The van der Waals surface area contributed by atoms with Crippen LogP contribution in [-0.2, 0) is 61.9 Å². The average Bonchev–Trinajstić information content (AvgIpc) is 3.33. The topological polar surface area (TPSA) is 191 Å². The molecule has 0 aliphatic heterocycles. The molecule has 0 aliphatic rings. The van der Waals surface area contributed by atoms with Gasteiger partial charge in [0.05, 0.1) is 39.5 Å². The molecule has 1 unspecified atom stereocenters. The fourth-order valence-electron chi connectivity index (χ4n) is 7.89. The van der Waals surface area contributed by atoms with Crippen molar-refractivity contribution in [1.82, 2.24) is 9.80 Å². The minimum atomic E-state index is -0.712. The zero-order valence-electron chi connectivity index (χ0n) is 46.3. The van der Waals surface area contributed by atoms with Crippen molar-refractivity contribution in [3.05, 3.63) is 0 Å². The molecule has 0 saturated carbocycles. The van der Waals surface area contributed by atoms with E-state index in [0.29, 0.717) is 6.54 Å². The summed E-state index contributed by atoms with van der Waals surface area (Å²) in [5.74, 6) is -4.76. The molecular formula is C56H102N2O14. The number of rotatable bonds is 50. The Kier molecular flexibility index (Phi) is 46.6. The van der Waals surface area contributed by atoms with E-state index in [9.17, 15) is 33.6 Å². The largest absolute Gasteiger partial charge is 0.466 e. The molecule has 0 radical (unpaired) electrons. The van der Waals surface area contributed by atoms with E-state index in [4.69, 9.17) is 33.2 Å². The molecule has 0 fully saturated rings. The second-order valence-corrected chi connectivity index (χ2v) is 19.6. The fraction of sp³-hybridized carbons (Fsp3) is 0.875. The predicted octanol–water partition coefficient (Wildman–Crippen LogP) is 11.7. The van der Waals surface area contributed by atoms with E-state index in [1.165, 1.54) is 43.4 Å². The summed E-state index contributed by atoms with van der Waals surface area (Å²) in [6.45, 7) is 9.56. The normalized spacial score (nSPS) is 11.6. The molecular weight excluding hydrogens is 925 g/mol. The van der Waals surface area contributed by atoms with Gasteiger partial charge in [-0.3, -0.25) is 28.8 Å². The van der Waals surface area contributed by atoms with E-state index < -0.39 is 53.7 Å². The van der Waals surface area contributed by atoms with Crippen LogP contribution in [0.25, 0.3) is 0 Å². The summed E-state index contributed by atoms with van der Waals surface area (Å²) in [5, 5.41) is 0. The van der Waals surface area contributed by atoms with Crippen LogP contribution in [0.4, 0.5) is 4.79 Å². The summed E-state index contributed by atoms with van der Waals surface area (Å²) in [7, 11) is 3.67. The van der Waals surface area contributed by atoms with E-state index in [2.05, 4.69) is 27.7 Å². The summed E-state index contributed by atoms with van der Waals surface area (Å²) in [6, 6.07) is 0. The molecule has 0 rings (SSSR count). The maximum atomic E-state index is 13.2. The summed E-state index contributed by atoms with van der Waals surface area (Å²) >= 11 is 0. The predicted molar refractivity (Wildman–Crippen MR) is 280 cm³/mol. The van der Waals surface area contributed by atoms with Gasteiger partial charge in [-0.1, -0.05) is 163 Å². The van der Waals surface area contributed by atoms with Gasteiger partial charge in [0.2, 0.25) is 0 Å². The Hall–Kier alpha value is -3.95. The van der Waals surface area contributed by atoms with Crippen LogP contribution in [0.5, 0.6) is 0 Å². The van der Waals surface area contributed by atoms with Crippen LogP contribution in [0.1, 0.15) is 227 Å². The smallest absolute Gasteiger partial charge is 0.410 e. The number of hydrogen-bond donors (Lipinski definition) is 0. The van der Waals surface area contributed by atoms with Gasteiger partial charge in [-0.2, -0.15) is 0 Å². The van der Waals surface area contributed by atoms with Crippen molar-refractivity contribution in [2.24, 2.45) is 11.8 Å². The number of hydrogen-bond acceptors (Lipinski definition) is 15. The van der Waals surface area contributed by atoms with Gasteiger partial charge in [0.1, 0.15) is 19.8 Å². The van der Waals surface area contributed by atoms with Gasteiger partial charge >= 0.3 is 41.9 Å². The van der Waals surface area contributed by atoms with Gasteiger partial charge in [0.25, 0.3) is 0 Å². The number of amides is 1. The van der Waals surface area contributed by atoms with E-state index in [1.54, 1.807) is 0 Å². The molecule has 0 spiro atoms. The molecule has 1 atom stereocenters. The molecule has 0 aliphatic carbocycles. The van der Waals surface area contributed by atoms with Gasteiger partial charge in [0.15, 0.2) is 0 Å². The molecule has 1 amide bonds. The van der Waals surface area contributed by atoms with Crippen molar-refractivity contribution in [1.29, 1.82) is 0 Å². The van der Waals surface area contributed by atoms with Crippen LogP contribution in [0.15, 0.2) is 0 Å². The quantitative estimate of drug-likeness (QED) is 0.0317. The molecule has 0 heterocycles. The molecule has 16 nitrogen and oxygen atoms in total. The third-order valence-electron chi connectivity index (χ3n) is 12.3. The summed E-state index contributed by atoms with van der Waals surface area (Å²) < 4.78 is 38.4. The molecule has 0 bridgehead atoms. The van der Waals surface area contributed by atoms with E-state index in [0.717, 1.165) is 122 Å². The molecule has 0 aromatic rings. The maximum Gasteiger partial charge on any atom is 0.410 e. The zero-order valence-corrected chi connectivity index (χ0v) is 46.3. The fourth-order valence-corrected chi connectivity index (χ4v) is 7.89. The second-order valence-electron chi connectivity index (χ2n) is 19.6. The van der Waals surface area contributed by atoms with Gasteiger partial charge in [0, 0.05) is 45.1 Å². The number of nitrogens with zero attached hydrogens (tertiary/aromatic N) is 2. The molecule has 0 N–H and O–H groups in total. The molecule has 0 aromatic heterocycles. The summed E-state index contributed by atoms with van der Waals surface area (Å²) in [4.78, 5) is 94.2. The van der Waals surface area contributed by atoms with E-state index in [1.807, 2.05) is 19.0 Å². The Morgan fingerprint density at radius 2 is 0.514 bits per heavy atom. The molecule has 0 aromatic carbocycles. The number of carbonyl (C=O) groups is 7. The average molecular weight is 1030 g/mol. The Bertz CT molecular complexity index is 1360. The summed E-state index contributed by atoms with van der Waals surface area (Å²) in [6.07, 6.45) is 24.3. The van der Waals surface area contributed by atoms with Crippen molar-refractivity contribution in [3.8, 4) is 0 Å². The molecule has 72 heavy (non-hydrogen) atoms. The third-order valence-corrected chi connectivity index (χ3v) is 12.3. The van der Waals surface area contributed by atoms with E-state index in [-0.39, 0.29) is 97.9 Å². The minimum absolute atomic E-state index is 0.0825. The van der Waals surface area contributed by atoms with Crippen molar-refractivity contribution in [2.45, 2.75) is 227 Å². The zero-order chi connectivity index (χ0) is 53.3. The standard InChI is InChI=1S/C56H102N2O14/c1-7-11-15-19-23-27-31-38-69-53(62)45-49(44-52(61)68-37-30-26-22-18-14-10-4)47-55(64)71-41-34-58(56(65)72-39-32-57(5)6)33-40-70-54(63)46-48(42-50(59)66-35-28-24-20-16-12-8-2)43-51(60)67-36-29-25-21-17-13-9-3/h48-49H,7-47H2,1-6H3. The number of likely N-dealkylation sites (N-methyl/N-ethyl adjacent to an activating group) is 1. The highest BCUT2D eigenvalue weighted by Gasteiger charge is 2.26.